The van der Waals surface area contributed by atoms with Crippen LogP contribution in [0.2, 0.25) is 0 Å². The lowest BCUT2D eigenvalue weighted by Crippen LogP contribution is -2.36. The fourth-order valence-electron chi connectivity index (χ4n) is 3.50. The predicted octanol–water partition coefficient (Wildman–Crippen LogP) is 2.60. The molecule has 0 saturated heterocycles. The average Bonchev–Trinajstić information content (AvgIpc) is 3.03. The van der Waals surface area contributed by atoms with Gasteiger partial charge in [0.15, 0.2) is 17.9 Å². The molecule has 1 aliphatic rings. The van der Waals surface area contributed by atoms with Gasteiger partial charge in [0.2, 0.25) is 0 Å². The number of ketones is 2. The van der Waals surface area contributed by atoms with Crippen molar-refractivity contribution in [3.63, 3.8) is 0 Å². The number of nitrogens with zero attached hydrogens (tertiary/aromatic N) is 3. The molecule has 6 heteroatoms. The number of fused-ring (bicyclic) bond motifs is 3. The molecule has 0 spiro atoms. The monoisotopic (exact) mass is 347 g/mol. The lowest BCUT2D eigenvalue weighted by molar-refractivity contribution is 0.0979. The number of rotatable bonds is 4. The van der Waals surface area contributed by atoms with Gasteiger partial charge in [-0.1, -0.05) is 24.3 Å². The Kier molecular flexibility index (Phi) is 3.68. The summed E-state index contributed by atoms with van der Waals surface area (Å²) in [4.78, 5) is 39.0. The van der Waals surface area contributed by atoms with Gasteiger partial charge in [0.05, 0.1) is 5.52 Å². The molecule has 0 atom stereocenters. The highest BCUT2D eigenvalue weighted by atomic mass is 16.1. The van der Waals surface area contributed by atoms with E-state index in [1.807, 2.05) is 18.9 Å². The van der Waals surface area contributed by atoms with E-state index in [0.29, 0.717) is 51.9 Å². The Morgan fingerprint density at radius 2 is 1.54 bits per heavy atom. The van der Waals surface area contributed by atoms with Gasteiger partial charge >= 0.3 is 0 Å². The first-order chi connectivity index (χ1) is 12.6. The van der Waals surface area contributed by atoms with Crippen LogP contribution >= 0.6 is 0 Å². The fourth-order valence-corrected chi connectivity index (χ4v) is 3.50. The van der Waals surface area contributed by atoms with Gasteiger partial charge in [-0.3, -0.25) is 19.4 Å². The first-order valence-corrected chi connectivity index (χ1v) is 8.56. The molecule has 130 valence electrons. The molecule has 2 aromatic carbocycles. The summed E-state index contributed by atoms with van der Waals surface area (Å²) in [5.74, 6) is -0.397. The lowest BCUT2D eigenvalue weighted by Gasteiger charge is -2.21. The molecule has 3 aromatic rings. The Labute approximate surface area is 150 Å². The minimum absolute atomic E-state index is 0.192. The summed E-state index contributed by atoms with van der Waals surface area (Å²) in [6, 6.07) is 10.0. The van der Waals surface area contributed by atoms with Gasteiger partial charge in [-0.15, -0.1) is 0 Å². The summed E-state index contributed by atoms with van der Waals surface area (Å²) in [5.41, 5.74) is 2.37. The van der Waals surface area contributed by atoms with Crippen LogP contribution in [0.15, 0.2) is 36.4 Å². The maximum Gasteiger partial charge on any atom is 0.194 e. The van der Waals surface area contributed by atoms with Crippen LogP contribution in [0.25, 0.3) is 10.9 Å². The van der Waals surface area contributed by atoms with Crippen molar-refractivity contribution in [2.45, 2.75) is 13.8 Å². The Morgan fingerprint density at radius 1 is 0.962 bits per heavy atom. The zero-order valence-corrected chi connectivity index (χ0v) is 14.5. The third kappa shape index (κ3) is 2.12. The number of aromatic nitrogens is 2. The Morgan fingerprint density at radius 3 is 2.08 bits per heavy atom. The maximum absolute atomic E-state index is 12.9. The van der Waals surface area contributed by atoms with E-state index in [9.17, 15) is 14.4 Å². The van der Waals surface area contributed by atoms with Crippen molar-refractivity contribution in [2.75, 3.05) is 18.1 Å². The van der Waals surface area contributed by atoms with Gasteiger partial charge < -0.3 is 0 Å². The highest BCUT2D eigenvalue weighted by Crippen LogP contribution is 2.31. The number of hydrogen-bond donors (Lipinski definition) is 0. The normalized spacial score (nSPS) is 12.8. The molecule has 0 radical (unpaired) electrons. The Hall–Kier alpha value is -3.28. The van der Waals surface area contributed by atoms with Gasteiger partial charge in [0, 0.05) is 40.7 Å². The van der Waals surface area contributed by atoms with Crippen molar-refractivity contribution >= 4 is 28.8 Å². The molecule has 0 amide bonds. The molecule has 4 rings (SSSR count). The summed E-state index contributed by atoms with van der Waals surface area (Å²) < 4.78 is 0. The highest BCUT2D eigenvalue weighted by molar-refractivity contribution is 6.29. The lowest BCUT2D eigenvalue weighted by atomic mass is 9.83. The molecule has 1 aromatic heterocycles. The largest absolute Gasteiger partial charge is 0.297 e. The van der Waals surface area contributed by atoms with Crippen LogP contribution in [0, 0.1) is 0 Å². The summed E-state index contributed by atoms with van der Waals surface area (Å²) in [6.07, 6.45) is 0.739. The molecule has 26 heavy (non-hydrogen) atoms. The molecular weight excluding hydrogens is 330 g/mol. The Bertz CT molecular complexity index is 1080. The van der Waals surface area contributed by atoms with E-state index in [1.165, 1.54) is 0 Å². The van der Waals surface area contributed by atoms with E-state index in [-0.39, 0.29) is 11.6 Å². The van der Waals surface area contributed by atoms with Crippen LogP contribution in [0.4, 0.5) is 0 Å². The molecule has 0 aliphatic heterocycles. The van der Waals surface area contributed by atoms with Crippen molar-refractivity contribution in [1.82, 2.24) is 9.89 Å². The standard InChI is InChI=1S/C20H17N3O3/c1-3-22(4-2)23-18(11-24)16-9-14-15(10-17(16)21-23)20(26)13-8-6-5-7-12(13)19(14)25/h5-11H,3-4H2,1-2H3. The maximum atomic E-state index is 12.9. The molecule has 1 heterocycles. The van der Waals surface area contributed by atoms with E-state index in [4.69, 9.17) is 0 Å². The minimum atomic E-state index is -0.204. The molecule has 0 N–H and O–H groups in total. The summed E-state index contributed by atoms with van der Waals surface area (Å²) in [5, 5.41) is 6.98. The van der Waals surface area contributed by atoms with E-state index in [1.54, 1.807) is 41.2 Å². The molecular formula is C20H17N3O3. The third-order valence-corrected chi connectivity index (χ3v) is 4.84. The van der Waals surface area contributed by atoms with Gasteiger partial charge in [-0.2, -0.15) is 9.89 Å². The van der Waals surface area contributed by atoms with E-state index >= 15 is 0 Å². The quantitative estimate of drug-likeness (QED) is 0.531. The van der Waals surface area contributed by atoms with Gasteiger partial charge in [-0.25, -0.2) is 0 Å². The van der Waals surface area contributed by atoms with Gasteiger partial charge in [0.25, 0.3) is 0 Å². The SMILES string of the molecule is CCN(CC)n1nc2cc3c(cc2c1C=O)C(=O)c1ccccc1C3=O. The number of carbonyl (C=O) groups excluding carboxylic acids is 3. The summed E-state index contributed by atoms with van der Waals surface area (Å²) in [6.45, 7) is 5.29. The van der Waals surface area contributed by atoms with Crippen molar-refractivity contribution in [3.8, 4) is 0 Å². The zero-order valence-electron chi connectivity index (χ0n) is 14.5. The molecule has 0 unspecified atom stereocenters. The molecule has 0 saturated carbocycles. The molecule has 6 nitrogen and oxygen atoms in total. The van der Waals surface area contributed by atoms with Crippen LogP contribution in [-0.2, 0) is 0 Å². The van der Waals surface area contributed by atoms with Crippen LogP contribution in [-0.4, -0.2) is 40.8 Å². The van der Waals surface area contributed by atoms with Crippen molar-refractivity contribution in [2.24, 2.45) is 0 Å². The second kappa shape index (κ2) is 5.91. The van der Waals surface area contributed by atoms with E-state index in [0.717, 1.165) is 6.29 Å². The van der Waals surface area contributed by atoms with Gasteiger partial charge in [-0.05, 0) is 26.0 Å². The third-order valence-electron chi connectivity index (χ3n) is 4.84. The van der Waals surface area contributed by atoms with Crippen LogP contribution in [0.3, 0.4) is 0 Å². The first-order valence-electron chi connectivity index (χ1n) is 8.56. The summed E-state index contributed by atoms with van der Waals surface area (Å²) >= 11 is 0. The smallest absolute Gasteiger partial charge is 0.194 e. The van der Waals surface area contributed by atoms with E-state index < -0.39 is 0 Å². The number of hydrogen-bond acceptors (Lipinski definition) is 5. The van der Waals surface area contributed by atoms with Crippen molar-refractivity contribution < 1.29 is 14.4 Å². The zero-order chi connectivity index (χ0) is 18.4. The second-order valence-corrected chi connectivity index (χ2v) is 6.15. The van der Waals surface area contributed by atoms with Crippen LogP contribution in [0.1, 0.15) is 56.2 Å². The number of benzene rings is 2. The second-order valence-electron chi connectivity index (χ2n) is 6.15. The van der Waals surface area contributed by atoms with Crippen molar-refractivity contribution in [3.05, 3.63) is 64.3 Å². The summed E-state index contributed by atoms with van der Waals surface area (Å²) in [7, 11) is 0. The first kappa shape index (κ1) is 16.2. The topological polar surface area (TPSA) is 72.3 Å². The predicted molar refractivity (Wildman–Crippen MR) is 97.7 cm³/mol. The van der Waals surface area contributed by atoms with Crippen LogP contribution in [0.5, 0.6) is 0 Å². The number of aldehydes is 1. The fraction of sp³-hybridized carbons (Fsp3) is 0.200. The van der Waals surface area contributed by atoms with Crippen molar-refractivity contribution in [1.29, 1.82) is 0 Å². The highest BCUT2D eigenvalue weighted by Gasteiger charge is 2.31. The number of carbonyl (C=O) groups is 3. The minimum Gasteiger partial charge on any atom is -0.297 e. The van der Waals surface area contributed by atoms with E-state index in [2.05, 4.69) is 5.10 Å². The molecule has 1 aliphatic carbocycles. The van der Waals surface area contributed by atoms with Crippen LogP contribution < -0.4 is 5.01 Å². The Balaban J connectivity index is 2.00. The molecule has 0 fully saturated rings. The molecule has 0 bridgehead atoms. The van der Waals surface area contributed by atoms with Gasteiger partial charge in [0.1, 0.15) is 5.69 Å². The average molecular weight is 347 g/mol.